The molecule has 4 rings (SSSR count). The first-order valence-corrected chi connectivity index (χ1v) is 12.0. The molecule has 1 saturated carbocycles. The van der Waals surface area contributed by atoms with Gasteiger partial charge in [0, 0.05) is 30.0 Å². The zero-order chi connectivity index (χ0) is 26.9. The molecule has 0 aromatic heterocycles. The number of aliphatic hydroxyl groups excluding tert-OH is 2. The van der Waals surface area contributed by atoms with Crippen LogP contribution < -0.4 is 16.4 Å². The molecule has 0 aliphatic heterocycles. The lowest BCUT2D eigenvalue weighted by molar-refractivity contribution is -0.147. The molecule has 1 aromatic carbocycles. The number of aliphatic hydroxyl groups is 3. The van der Waals surface area contributed by atoms with Gasteiger partial charge in [0.1, 0.15) is 22.8 Å². The second-order valence-corrected chi connectivity index (χ2v) is 10.0. The quantitative estimate of drug-likeness (QED) is 0.289. The molecule has 10 nitrogen and oxygen atoms in total. The Labute approximate surface area is 209 Å². The molecule has 1 unspecified atom stereocenters. The molecule has 3 aliphatic carbocycles. The number of phenols is 1. The maximum absolute atomic E-state index is 13.4. The third-order valence-corrected chi connectivity index (χ3v) is 6.89. The van der Waals surface area contributed by atoms with Gasteiger partial charge in [-0.15, -0.1) is 0 Å². The van der Waals surface area contributed by atoms with Crippen LogP contribution in [0.1, 0.15) is 43.4 Å². The van der Waals surface area contributed by atoms with Crippen LogP contribution in [-0.4, -0.2) is 64.1 Å². The standard InChI is InChI=1S/C24H28N2O7.C2H7N/c1-10(2)8-26-9-12-4-3-11-5-13-6-14-7-15(27)18(23(25)32)22(31)24(14,33)21(30)17(13)20(29)16(11)19(12)28;1-3-2/h3-4,10,13-14,26,28-29,31,33H,5-9H2,1-2H3,(H2,25,32);3H,1-2H3/t13?,14-,24-;/m0./s1. The number of carbonyl (C=O) groups excluding carboxylic acids is 3. The van der Waals surface area contributed by atoms with Crippen molar-refractivity contribution in [1.29, 1.82) is 0 Å². The summed E-state index contributed by atoms with van der Waals surface area (Å²) in [5.74, 6) is -5.72. The maximum Gasteiger partial charge on any atom is 0.255 e. The van der Waals surface area contributed by atoms with Gasteiger partial charge < -0.3 is 36.8 Å². The summed E-state index contributed by atoms with van der Waals surface area (Å²) in [4.78, 5) is 37.5. The minimum atomic E-state index is -2.54. The molecule has 3 aliphatic rings. The number of carbonyl (C=O) groups is 3. The first-order chi connectivity index (χ1) is 16.9. The van der Waals surface area contributed by atoms with Crippen molar-refractivity contribution in [3.63, 3.8) is 0 Å². The highest BCUT2D eigenvalue weighted by molar-refractivity contribution is 6.22. The van der Waals surface area contributed by atoms with Crippen molar-refractivity contribution in [2.45, 2.75) is 45.3 Å². The SMILES string of the molecule is CC(C)CNCc1ccc2c(c1O)C(O)=C1C(=O)[C@]3(O)C(O)=C(C(N)=O)C(=O)C[C@@H]3CC1C2.CNC. The Balaban J connectivity index is 0.00000115. The van der Waals surface area contributed by atoms with Crippen LogP contribution in [0.5, 0.6) is 5.75 Å². The van der Waals surface area contributed by atoms with E-state index in [9.17, 15) is 34.8 Å². The third kappa shape index (κ3) is 4.52. The second-order valence-electron chi connectivity index (χ2n) is 10.0. The number of hydrogen-bond donors (Lipinski definition) is 7. The summed E-state index contributed by atoms with van der Waals surface area (Å²) >= 11 is 0. The van der Waals surface area contributed by atoms with Crippen molar-refractivity contribution in [2.75, 3.05) is 20.6 Å². The van der Waals surface area contributed by atoms with E-state index in [-0.39, 0.29) is 29.7 Å². The maximum atomic E-state index is 13.4. The molecule has 0 saturated heterocycles. The van der Waals surface area contributed by atoms with Gasteiger partial charge in [0.05, 0.1) is 5.56 Å². The highest BCUT2D eigenvalue weighted by Gasteiger charge is 2.60. The van der Waals surface area contributed by atoms with Crippen molar-refractivity contribution >= 4 is 23.2 Å². The topological polar surface area (TPSA) is 182 Å². The van der Waals surface area contributed by atoms with Crippen molar-refractivity contribution in [3.05, 3.63) is 45.7 Å². The van der Waals surface area contributed by atoms with Gasteiger partial charge in [-0.1, -0.05) is 26.0 Å². The van der Waals surface area contributed by atoms with Crippen molar-refractivity contribution in [1.82, 2.24) is 10.6 Å². The Kier molecular flexibility index (Phi) is 7.92. The monoisotopic (exact) mass is 501 g/mol. The molecular formula is C26H35N3O7. The van der Waals surface area contributed by atoms with Gasteiger partial charge >= 0.3 is 0 Å². The van der Waals surface area contributed by atoms with Crippen molar-refractivity contribution in [2.24, 2.45) is 23.5 Å². The molecule has 0 radical (unpaired) electrons. The molecule has 0 heterocycles. The smallest absolute Gasteiger partial charge is 0.255 e. The fourth-order valence-corrected chi connectivity index (χ4v) is 5.28. The van der Waals surface area contributed by atoms with Crippen LogP contribution in [0.2, 0.25) is 0 Å². The summed E-state index contributed by atoms with van der Waals surface area (Å²) in [6, 6.07) is 3.55. The zero-order valence-corrected chi connectivity index (χ0v) is 21.0. The van der Waals surface area contributed by atoms with E-state index in [0.717, 1.165) is 6.54 Å². The predicted molar refractivity (Wildman–Crippen MR) is 133 cm³/mol. The minimum Gasteiger partial charge on any atom is -0.508 e. The Morgan fingerprint density at radius 2 is 1.81 bits per heavy atom. The van der Waals surface area contributed by atoms with Crippen LogP contribution in [0.15, 0.2) is 29.0 Å². The van der Waals surface area contributed by atoms with Gasteiger partial charge in [0.15, 0.2) is 11.4 Å². The number of nitrogens with two attached hydrogens (primary N) is 1. The second kappa shape index (κ2) is 10.4. The number of amides is 1. The third-order valence-electron chi connectivity index (χ3n) is 6.89. The number of nitrogens with one attached hydrogen (secondary N) is 2. The summed E-state index contributed by atoms with van der Waals surface area (Å²) in [5.41, 5.74) is 3.03. The average molecular weight is 502 g/mol. The molecule has 0 spiro atoms. The van der Waals surface area contributed by atoms with Crippen LogP contribution in [0.4, 0.5) is 0 Å². The Morgan fingerprint density at radius 3 is 2.39 bits per heavy atom. The van der Waals surface area contributed by atoms with Crippen LogP contribution in [-0.2, 0) is 27.3 Å². The highest BCUT2D eigenvalue weighted by atomic mass is 16.3. The van der Waals surface area contributed by atoms with Crippen molar-refractivity contribution < 1.29 is 34.8 Å². The van der Waals surface area contributed by atoms with E-state index in [4.69, 9.17) is 5.73 Å². The molecule has 3 atom stereocenters. The highest BCUT2D eigenvalue weighted by Crippen LogP contribution is 2.52. The van der Waals surface area contributed by atoms with Gasteiger partial charge in [-0.25, -0.2) is 0 Å². The van der Waals surface area contributed by atoms with E-state index in [1.165, 1.54) is 0 Å². The number of aromatic hydroxyl groups is 1. The molecular weight excluding hydrogens is 466 g/mol. The largest absolute Gasteiger partial charge is 0.508 e. The number of rotatable bonds is 5. The molecule has 0 bridgehead atoms. The van der Waals surface area contributed by atoms with E-state index >= 15 is 0 Å². The summed E-state index contributed by atoms with van der Waals surface area (Å²) < 4.78 is 0. The zero-order valence-electron chi connectivity index (χ0n) is 21.0. The van der Waals surface area contributed by atoms with Gasteiger partial charge in [-0.3, -0.25) is 14.4 Å². The normalized spacial score (nSPS) is 25.2. The summed E-state index contributed by atoms with van der Waals surface area (Å²) in [6.07, 6.45) is 0.108. The predicted octanol–water partition coefficient (Wildman–Crippen LogP) is 1.01. The van der Waals surface area contributed by atoms with Crippen LogP contribution in [0, 0.1) is 17.8 Å². The molecule has 1 fully saturated rings. The summed E-state index contributed by atoms with van der Waals surface area (Å²) in [5, 5.41) is 49.7. The van der Waals surface area contributed by atoms with E-state index in [1.54, 1.807) is 12.1 Å². The van der Waals surface area contributed by atoms with E-state index in [0.29, 0.717) is 30.0 Å². The Morgan fingerprint density at radius 1 is 1.17 bits per heavy atom. The van der Waals surface area contributed by atoms with Crippen LogP contribution in [0.3, 0.4) is 0 Å². The molecule has 196 valence electrons. The van der Waals surface area contributed by atoms with Gasteiger partial charge in [0.2, 0.25) is 5.78 Å². The fraction of sp³-hybridized carbons (Fsp3) is 0.500. The first kappa shape index (κ1) is 27.4. The van der Waals surface area contributed by atoms with Gasteiger partial charge in [0.25, 0.3) is 5.91 Å². The lowest BCUT2D eigenvalue weighted by Crippen LogP contribution is -2.58. The van der Waals surface area contributed by atoms with E-state index < -0.39 is 52.0 Å². The minimum absolute atomic E-state index is 0.117. The van der Waals surface area contributed by atoms with Gasteiger partial charge in [-0.05, 0) is 50.9 Å². The molecule has 8 N–H and O–H groups in total. The lowest BCUT2D eigenvalue weighted by Gasteiger charge is -2.46. The van der Waals surface area contributed by atoms with Crippen LogP contribution in [0.25, 0.3) is 5.76 Å². The van der Waals surface area contributed by atoms with Gasteiger partial charge in [-0.2, -0.15) is 0 Å². The molecule has 1 aromatic rings. The van der Waals surface area contributed by atoms with E-state index in [2.05, 4.69) is 24.5 Å². The Hall–Kier alpha value is -3.21. The Bertz CT molecular complexity index is 1150. The number of ketones is 2. The first-order valence-electron chi connectivity index (χ1n) is 12.0. The molecule has 10 heteroatoms. The van der Waals surface area contributed by atoms with E-state index in [1.807, 2.05) is 14.1 Å². The molecule has 36 heavy (non-hydrogen) atoms. The number of Topliss-reactive ketones (excluding diaryl/α,β-unsaturated/α-hetero) is 2. The van der Waals surface area contributed by atoms with Crippen LogP contribution >= 0.6 is 0 Å². The number of benzene rings is 1. The summed E-state index contributed by atoms with van der Waals surface area (Å²) in [7, 11) is 3.75. The molecule has 1 amide bonds. The number of hydrogen-bond acceptors (Lipinski definition) is 9. The fourth-order valence-electron chi connectivity index (χ4n) is 5.28. The lowest BCUT2D eigenvalue weighted by atomic mass is 9.59. The number of primary amides is 1. The number of phenolic OH excluding ortho intramolecular Hbond substituents is 1. The van der Waals surface area contributed by atoms with Crippen molar-refractivity contribution in [3.8, 4) is 5.75 Å². The summed E-state index contributed by atoms with van der Waals surface area (Å²) in [6.45, 7) is 5.19. The average Bonchev–Trinajstić information content (AvgIpc) is 2.78. The number of fused-ring (bicyclic) bond motifs is 3.